The lowest BCUT2D eigenvalue weighted by atomic mass is 9.91. The number of rotatable bonds is 4. The maximum absolute atomic E-state index is 11.7. The van der Waals surface area contributed by atoms with Gasteiger partial charge < -0.3 is 9.47 Å². The Balaban J connectivity index is 2.65. The molecule has 0 aliphatic heterocycles. The Labute approximate surface area is 96.4 Å². The highest BCUT2D eigenvalue weighted by Crippen LogP contribution is 2.26. The Morgan fingerprint density at radius 1 is 1.19 bits per heavy atom. The zero-order chi connectivity index (χ0) is 12.2. The molecule has 0 radical (unpaired) electrons. The molecule has 0 amide bonds. The standard InChI is InChI=1S/C13H18O3/c1-13(2,3)12(14)9-16-11-8-6-5-7-10(11)15-4/h5-8H,9H2,1-4H3. The monoisotopic (exact) mass is 222 g/mol. The van der Waals surface area contributed by atoms with Gasteiger partial charge in [-0.2, -0.15) is 0 Å². The Hall–Kier alpha value is -1.51. The fourth-order valence-corrected chi connectivity index (χ4v) is 1.10. The highest BCUT2D eigenvalue weighted by atomic mass is 16.5. The van der Waals surface area contributed by atoms with E-state index < -0.39 is 0 Å². The summed E-state index contributed by atoms with van der Waals surface area (Å²) in [5.41, 5.74) is -0.373. The number of carbonyl (C=O) groups excluding carboxylic acids is 1. The average molecular weight is 222 g/mol. The van der Waals surface area contributed by atoms with E-state index in [2.05, 4.69) is 0 Å². The molecule has 1 aromatic rings. The van der Waals surface area contributed by atoms with Crippen molar-refractivity contribution >= 4 is 5.78 Å². The van der Waals surface area contributed by atoms with E-state index in [9.17, 15) is 4.79 Å². The van der Waals surface area contributed by atoms with E-state index in [0.29, 0.717) is 11.5 Å². The maximum Gasteiger partial charge on any atom is 0.175 e. The van der Waals surface area contributed by atoms with Crippen molar-refractivity contribution in [2.45, 2.75) is 20.8 Å². The van der Waals surface area contributed by atoms with Gasteiger partial charge in [0.25, 0.3) is 0 Å². The number of ketones is 1. The number of methoxy groups -OCH3 is 1. The number of para-hydroxylation sites is 2. The Bertz CT molecular complexity index is 364. The summed E-state index contributed by atoms with van der Waals surface area (Å²) in [6.07, 6.45) is 0. The minimum atomic E-state index is -0.373. The van der Waals surface area contributed by atoms with Crippen molar-refractivity contribution in [2.24, 2.45) is 5.41 Å². The molecule has 0 fully saturated rings. The first-order valence-electron chi connectivity index (χ1n) is 5.24. The molecular weight excluding hydrogens is 204 g/mol. The first-order chi connectivity index (χ1) is 7.45. The van der Waals surface area contributed by atoms with Crippen LogP contribution in [0.25, 0.3) is 0 Å². The van der Waals surface area contributed by atoms with E-state index in [1.165, 1.54) is 0 Å². The van der Waals surface area contributed by atoms with Gasteiger partial charge in [0.05, 0.1) is 7.11 Å². The van der Waals surface area contributed by atoms with E-state index in [1.807, 2.05) is 32.9 Å². The van der Waals surface area contributed by atoms with Crippen LogP contribution < -0.4 is 9.47 Å². The SMILES string of the molecule is COc1ccccc1OCC(=O)C(C)(C)C. The van der Waals surface area contributed by atoms with Crippen LogP contribution in [-0.2, 0) is 4.79 Å². The molecule has 1 aromatic carbocycles. The quantitative estimate of drug-likeness (QED) is 0.785. The van der Waals surface area contributed by atoms with Gasteiger partial charge in [-0.15, -0.1) is 0 Å². The van der Waals surface area contributed by atoms with Crippen LogP contribution in [0.15, 0.2) is 24.3 Å². The zero-order valence-electron chi connectivity index (χ0n) is 10.2. The first kappa shape index (κ1) is 12.6. The molecule has 0 unspecified atom stereocenters. The second-order valence-corrected chi connectivity index (χ2v) is 4.61. The molecular formula is C13H18O3. The van der Waals surface area contributed by atoms with E-state index in [4.69, 9.17) is 9.47 Å². The predicted molar refractivity (Wildman–Crippen MR) is 63.0 cm³/mol. The summed E-state index contributed by atoms with van der Waals surface area (Å²) in [4.78, 5) is 11.7. The lowest BCUT2D eigenvalue weighted by molar-refractivity contribution is -0.128. The fraction of sp³-hybridized carbons (Fsp3) is 0.462. The van der Waals surface area contributed by atoms with Crippen LogP contribution in [0.1, 0.15) is 20.8 Å². The molecule has 0 N–H and O–H groups in total. The lowest BCUT2D eigenvalue weighted by Gasteiger charge is -2.17. The van der Waals surface area contributed by atoms with E-state index in [-0.39, 0.29) is 17.8 Å². The lowest BCUT2D eigenvalue weighted by Crippen LogP contribution is -2.26. The molecule has 88 valence electrons. The third kappa shape index (κ3) is 3.26. The van der Waals surface area contributed by atoms with Crippen LogP contribution in [0.2, 0.25) is 0 Å². The normalized spacial score (nSPS) is 11.0. The van der Waals surface area contributed by atoms with Crippen molar-refractivity contribution in [2.75, 3.05) is 13.7 Å². The molecule has 0 heterocycles. The van der Waals surface area contributed by atoms with Crippen LogP contribution in [0.4, 0.5) is 0 Å². The fourth-order valence-electron chi connectivity index (χ4n) is 1.10. The van der Waals surface area contributed by atoms with Crippen molar-refractivity contribution in [3.8, 4) is 11.5 Å². The van der Waals surface area contributed by atoms with Gasteiger partial charge in [0.1, 0.15) is 6.61 Å². The van der Waals surface area contributed by atoms with Crippen molar-refractivity contribution in [1.29, 1.82) is 0 Å². The largest absolute Gasteiger partial charge is 0.493 e. The second-order valence-electron chi connectivity index (χ2n) is 4.61. The molecule has 0 atom stereocenters. The zero-order valence-corrected chi connectivity index (χ0v) is 10.2. The number of Topliss-reactive ketones (excluding diaryl/α,β-unsaturated/α-hetero) is 1. The molecule has 0 aliphatic rings. The maximum atomic E-state index is 11.7. The summed E-state index contributed by atoms with van der Waals surface area (Å²) in [5, 5.41) is 0. The van der Waals surface area contributed by atoms with Gasteiger partial charge in [0, 0.05) is 5.41 Å². The highest BCUT2D eigenvalue weighted by molar-refractivity contribution is 5.85. The first-order valence-corrected chi connectivity index (χ1v) is 5.24. The number of hydrogen-bond donors (Lipinski definition) is 0. The highest BCUT2D eigenvalue weighted by Gasteiger charge is 2.21. The Morgan fingerprint density at radius 3 is 2.25 bits per heavy atom. The molecule has 0 spiro atoms. The number of ether oxygens (including phenoxy) is 2. The van der Waals surface area contributed by atoms with Crippen LogP contribution in [-0.4, -0.2) is 19.5 Å². The van der Waals surface area contributed by atoms with E-state index in [1.54, 1.807) is 19.2 Å². The van der Waals surface area contributed by atoms with E-state index >= 15 is 0 Å². The van der Waals surface area contributed by atoms with E-state index in [0.717, 1.165) is 0 Å². The second kappa shape index (κ2) is 5.01. The molecule has 16 heavy (non-hydrogen) atoms. The topological polar surface area (TPSA) is 35.5 Å². The smallest absolute Gasteiger partial charge is 0.175 e. The molecule has 0 aromatic heterocycles. The molecule has 3 nitrogen and oxygen atoms in total. The molecule has 1 rings (SSSR count). The van der Waals surface area contributed by atoms with Crippen LogP contribution in [0, 0.1) is 5.41 Å². The van der Waals surface area contributed by atoms with Crippen LogP contribution in [0.3, 0.4) is 0 Å². The molecule has 3 heteroatoms. The Morgan fingerprint density at radius 2 is 1.75 bits per heavy atom. The van der Waals surface area contributed by atoms with Crippen LogP contribution in [0.5, 0.6) is 11.5 Å². The van der Waals surface area contributed by atoms with Gasteiger partial charge in [-0.1, -0.05) is 32.9 Å². The number of hydrogen-bond acceptors (Lipinski definition) is 3. The number of benzene rings is 1. The van der Waals surface area contributed by atoms with Gasteiger partial charge in [-0.25, -0.2) is 0 Å². The van der Waals surface area contributed by atoms with Crippen molar-refractivity contribution in [3.05, 3.63) is 24.3 Å². The summed E-state index contributed by atoms with van der Waals surface area (Å²) in [6, 6.07) is 7.29. The molecule has 0 saturated carbocycles. The summed E-state index contributed by atoms with van der Waals surface area (Å²) in [7, 11) is 1.58. The van der Waals surface area contributed by atoms with Gasteiger partial charge >= 0.3 is 0 Å². The third-order valence-electron chi connectivity index (χ3n) is 2.26. The summed E-state index contributed by atoms with van der Waals surface area (Å²) < 4.78 is 10.6. The predicted octanol–water partition coefficient (Wildman–Crippen LogP) is 2.69. The van der Waals surface area contributed by atoms with Crippen molar-refractivity contribution < 1.29 is 14.3 Å². The van der Waals surface area contributed by atoms with Crippen molar-refractivity contribution in [1.82, 2.24) is 0 Å². The minimum absolute atomic E-state index is 0.0680. The molecule has 0 aliphatic carbocycles. The third-order valence-corrected chi connectivity index (χ3v) is 2.26. The Kier molecular flexibility index (Phi) is 3.93. The van der Waals surface area contributed by atoms with Crippen LogP contribution >= 0.6 is 0 Å². The summed E-state index contributed by atoms with van der Waals surface area (Å²) in [6.45, 7) is 5.70. The van der Waals surface area contributed by atoms with Gasteiger partial charge in [0.15, 0.2) is 17.3 Å². The number of carbonyl (C=O) groups is 1. The minimum Gasteiger partial charge on any atom is -0.493 e. The van der Waals surface area contributed by atoms with Gasteiger partial charge in [0.2, 0.25) is 0 Å². The van der Waals surface area contributed by atoms with Crippen molar-refractivity contribution in [3.63, 3.8) is 0 Å². The summed E-state index contributed by atoms with van der Waals surface area (Å²) in [5.74, 6) is 1.31. The summed E-state index contributed by atoms with van der Waals surface area (Å²) >= 11 is 0. The van der Waals surface area contributed by atoms with Gasteiger partial charge in [-0.05, 0) is 12.1 Å². The molecule has 0 saturated heterocycles. The van der Waals surface area contributed by atoms with Gasteiger partial charge in [-0.3, -0.25) is 4.79 Å². The average Bonchev–Trinajstić information content (AvgIpc) is 2.24. The molecule has 0 bridgehead atoms.